The first kappa shape index (κ1) is 10.9. The van der Waals surface area contributed by atoms with E-state index in [4.69, 9.17) is 5.73 Å². The van der Waals surface area contributed by atoms with Crippen LogP contribution >= 0.6 is 0 Å². The summed E-state index contributed by atoms with van der Waals surface area (Å²) in [5.41, 5.74) is 5.36. The smallest absolute Gasteiger partial charge is 0.242 e. The number of rotatable bonds is 2. The predicted molar refractivity (Wildman–Crippen MR) is 57.1 cm³/mol. The van der Waals surface area contributed by atoms with Crippen molar-refractivity contribution in [2.24, 2.45) is 11.7 Å². The Hall–Kier alpha value is -0.610. The lowest BCUT2D eigenvalue weighted by atomic mass is 9.94. The summed E-state index contributed by atoms with van der Waals surface area (Å²) in [5.74, 6) is 0.368. The summed E-state index contributed by atoms with van der Waals surface area (Å²) in [5, 5.41) is 9.51. The number of hydrogen-bond donors (Lipinski definition) is 2. The molecule has 1 aliphatic carbocycles. The van der Waals surface area contributed by atoms with Gasteiger partial charge >= 0.3 is 0 Å². The molecule has 2 rings (SSSR count). The van der Waals surface area contributed by atoms with Crippen LogP contribution in [-0.4, -0.2) is 40.6 Å². The number of aliphatic hydroxyl groups is 1. The number of hydrogen-bond acceptors (Lipinski definition) is 3. The number of nitrogens with two attached hydrogens (primary N) is 1. The standard InChI is InChI=1S/C11H20N2O2/c1-11(12,8-4-5-8)10(15)13-6-2-3-9(14)7-13/h8-9,14H,2-7,12H2,1H3. The van der Waals surface area contributed by atoms with E-state index >= 15 is 0 Å². The molecule has 0 bridgehead atoms. The summed E-state index contributed by atoms with van der Waals surface area (Å²) in [6, 6.07) is 0. The first-order valence-electron chi connectivity index (χ1n) is 5.78. The second-order valence-electron chi connectivity index (χ2n) is 5.10. The summed E-state index contributed by atoms with van der Waals surface area (Å²) >= 11 is 0. The molecule has 15 heavy (non-hydrogen) atoms. The zero-order valence-corrected chi connectivity index (χ0v) is 9.28. The molecule has 1 amide bonds. The molecule has 86 valence electrons. The first-order valence-corrected chi connectivity index (χ1v) is 5.78. The molecule has 0 radical (unpaired) electrons. The second-order valence-corrected chi connectivity index (χ2v) is 5.10. The normalized spacial score (nSPS) is 31.1. The maximum absolute atomic E-state index is 12.1. The molecule has 0 aromatic carbocycles. The first-order chi connectivity index (χ1) is 7.01. The number of nitrogens with zero attached hydrogens (tertiary/aromatic N) is 1. The van der Waals surface area contributed by atoms with Crippen molar-refractivity contribution in [2.45, 2.75) is 44.2 Å². The molecule has 3 N–H and O–H groups in total. The van der Waals surface area contributed by atoms with Gasteiger partial charge in [0, 0.05) is 13.1 Å². The molecule has 0 aromatic heterocycles. The van der Waals surface area contributed by atoms with Crippen LogP contribution in [0.5, 0.6) is 0 Å². The van der Waals surface area contributed by atoms with Crippen molar-refractivity contribution < 1.29 is 9.90 Å². The van der Waals surface area contributed by atoms with Crippen molar-refractivity contribution in [3.05, 3.63) is 0 Å². The number of likely N-dealkylation sites (tertiary alicyclic amines) is 1. The average Bonchev–Trinajstić information content (AvgIpc) is 2.99. The molecule has 2 atom stereocenters. The van der Waals surface area contributed by atoms with Gasteiger partial charge in [-0.2, -0.15) is 0 Å². The highest BCUT2D eigenvalue weighted by atomic mass is 16.3. The highest BCUT2D eigenvalue weighted by Crippen LogP contribution is 2.39. The lowest BCUT2D eigenvalue weighted by Gasteiger charge is -2.36. The zero-order chi connectivity index (χ0) is 11.1. The SMILES string of the molecule is CC(N)(C(=O)N1CCCC(O)C1)C1CC1. The van der Waals surface area contributed by atoms with Gasteiger partial charge in [-0.25, -0.2) is 0 Å². The Labute approximate surface area is 90.4 Å². The van der Waals surface area contributed by atoms with Crippen LogP contribution < -0.4 is 5.73 Å². The number of aliphatic hydroxyl groups excluding tert-OH is 1. The molecule has 0 spiro atoms. The van der Waals surface area contributed by atoms with E-state index in [2.05, 4.69) is 0 Å². The number of piperidine rings is 1. The fourth-order valence-corrected chi connectivity index (χ4v) is 2.34. The molecule has 1 saturated carbocycles. The molecule has 1 heterocycles. The molecule has 0 aromatic rings. The zero-order valence-electron chi connectivity index (χ0n) is 9.28. The van der Waals surface area contributed by atoms with Crippen molar-refractivity contribution in [1.82, 2.24) is 4.90 Å². The number of carbonyl (C=O) groups is 1. The van der Waals surface area contributed by atoms with E-state index in [1.807, 2.05) is 6.92 Å². The van der Waals surface area contributed by atoms with Crippen molar-refractivity contribution in [1.29, 1.82) is 0 Å². The van der Waals surface area contributed by atoms with E-state index < -0.39 is 5.54 Å². The summed E-state index contributed by atoms with van der Waals surface area (Å²) in [7, 11) is 0. The molecule has 4 heteroatoms. The Kier molecular flexibility index (Phi) is 2.73. The molecule has 2 aliphatic rings. The van der Waals surface area contributed by atoms with Gasteiger partial charge < -0.3 is 15.7 Å². The third-order valence-corrected chi connectivity index (χ3v) is 3.57. The Bertz CT molecular complexity index is 261. The molecule has 1 aliphatic heterocycles. The van der Waals surface area contributed by atoms with Gasteiger partial charge in [-0.15, -0.1) is 0 Å². The highest BCUT2D eigenvalue weighted by Gasteiger charge is 2.46. The van der Waals surface area contributed by atoms with E-state index in [0.717, 1.165) is 32.2 Å². The number of amides is 1. The molecular weight excluding hydrogens is 192 g/mol. The average molecular weight is 212 g/mol. The molecule has 2 unspecified atom stereocenters. The van der Waals surface area contributed by atoms with E-state index in [1.54, 1.807) is 4.90 Å². The van der Waals surface area contributed by atoms with Crippen LogP contribution in [0.3, 0.4) is 0 Å². The molecule has 1 saturated heterocycles. The van der Waals surface area contributed by atoms with Crippen molar-refractivity contribution in [3.8, 4) is 0 Å². The number of carbonyl (C=O) groups excluding carboxylic acids is 1. The van der Waals surface area contributed by atoms with E-state index in [0.29, 0.717) is 12.5 Å². The summed E-state index contributed by atoms with van der Waals surface area (Å²) in [6.45, 7) is 3.03. The van der Waals surface area contributed by atoms with E-state index in [9.17, 15) is 9.90 Å². The van der Waals surface area contributed by atoms with Crippen molar-refractivity contribution in [2.75, 3.05) is 13.1 Å². The molecule has 2 fully saturated rings. The summed E-state index contributed by atoms with van der Waals surface area (Å²) in [4.78, 5) is 13.9. The fraction of sp³-hybridized carbons (Fsp3) is 0.909. The van der Waals surface area contributed by atoms with Crippen LogP contribution in [0.25, 0.3) is 0 Å². The van der Waals surface area contributed by atoms with Gasteiger partial charge in [0.05, 0.1) is 11.6 Å². The van der Waals surface area contributed by atoms with Crippen LogP contribution in [0, 0.1) is 5.92 Å². The third kappa shape index (κ3) is 2.16. The largest absolute Gasteiger partial charge is 0.391 e. The fourth-order valence-electron chi connectivity index (χ4n) is 2.34. The van der Waals surface area contributed by atoms with Gasteiger partial charge in [-0.3, -0.25) is 4.79 Å². The van der Waals surface area contributed by atoms with Gasteiger partial charge in [0.2, 0.25) is 5.91 Å². The second kappa shape index (κ2) is 3.76. The maximum Gasteiger partial charge on any atom is 0.242 e. The van der Waals surface area contributed by atoms with Crippen LogP contribution in [0.1, 0.15) is 32.6 Å². The lowest BCUT2D eigenvalue weighted by Crippen LogP contribution is -2.57. The van der Waals surface area contributed by atoms with Crippen molar-refractivity contribution >= 4 is 5.91 Å². The minimum atomic E-state index is -0.711. The monoisotopic (exact) mass is 212 g/mol. The Balaban J connectivity index is 1.99. The minimum absolute atomic E-state index is 0.0174. The maximum atomic E-state index is 12.1. The summed E-state index contributed by atoms with van der Waals surface area (Å²) < 4.78 is 0. The van der Waals surface area contributed by atoms with Crippen molar-refractivity contribution in [3.63, 3.8) is 0 Å². The van der Waals surface area contributed by atoms with Gasteiger partial charge in [-0.1, -0.05) is 0 Å². The Morgan fingerprint density at radius 2 is 2.13 bits per heavy atom. The summed E-state index contributed by atoms with van der Waals surface area (Å²) in [6.07, 6.45) is 3.45. The van der Waals surface area contributed by atoms with Crippen LogP contribution in [-0.2, 0) is 4.79 Å². The topological polar surface area (TPSA) is 66.6 Å². The van der Waals surface area contributed by atoms with Gasteiger partial charge in [0.25, 0.3) is 0 Å². The van der Waals surface area contributed by atoms with Gasteiger partial charge in [0.15, 0.2) is 0 Å². The van der Waals surface area contributed by atoms with Gasteiger partial charge in [-0.05, 0) is 38.5 Å². The molecular formula is C11H20N2O2. The number of β-amino-alcohol motifs (C(OH)–C–C–N with tert-alkyl or cyclic N) is 1. The van der Waals surface area contributed by atoms with E-state index in [-0.39, 0.29) is 12.0 Å². The van der Waals surface area contributed by atoms with Crippen LogP contribution in [0.2, 0.25) is 0 Å². The van der Waals surface area contributed by atoms with Crippen LogP contribution in [0.15, 0.2) is 0 Å². The lowest BCUT2D eigenvalue weighted by molar-refractivity contribution is -0.140. The van der Waals surface area contributed by atoms with E-state index in [1.165, 1.54) is 0 Å². The quantitative estimate of drug-likeness (QED) is 0.682. The highest BCUT2D eigenvalue weighted by molar-refractivity contribution is 5.86. The Morgan fingerprint density at radius 3 is 2.67 bits per heavy atom. The third-order valence-electron chi connectivity index (χ3n) is 3.57. The minimum Gasteiger partial charge on any atom is -0.391 e. The van der Waals surface area contributed by atoms with Gasteiger partial charge in [0.1, 0.15) is 0 Å². The van der Waals surface area contributed by atoms with Crippen LogP contribution in [0.4, 0.5) is 0 Å². The Morgan fingerprint density at radius 1 is 1.47 bits per heavy atom. The predicted octanol–water partition coefficient (Wildman–Crippen LogP) is 0.0971. The molecule has 4 nitrogen and oxygen atoms in total.